The number of halogens is 1. The van der Waals surface area contributed by atoms with Crippen LogP contribution in [0.4, 0.5) is 4.39 Å². The predicted molar refractivity (Wildman–Crippen MR) is 131 cm³/mol. The molecule has 0 aliphatic carbocycles. The molecule has 1 amide bonds. The van der Waals surface area contributed by atoms with Crippen LogP contribution >= 0.6 is 0 Å². The number of likely N-dealkylation sites (tertiary alicyclic amines) is 1. The van der Waals surface area contributed by atoms with Crippen molar-refractivity contribution in [3.63, 3.8) is 0 Å². The minimum atomic E-state index is -0.436. The van der Waals surface area contributed by atoms with Crippen molar-refractivity contribution in [2.45, 2.75) is 32.2 Å². The van der Waals surface area contributed by atoms with Gasteiger partial charge in [0.25, 0.3) is 5.91 Å². The monoisotopic (exact) mass is 482 g/mol. The number of aromatic nitrogens is 5. The third-order valence-electron chi connectivity index (χ3n) is 6.49. The largest absolute Gasteiger partial charge is 0.339 e. The minimum Gasteiger partial charge on any atom is -0.339 e. The van der Waals surface area contributed by atoms with Crippen molar-refractivity contribution < 1.29 is 13.7 Å². The third-order valence-corrected chi connectivity index (χ3v) is 6.49. The second-order valence-corrected chi connectivity index (χ2v) is 8.98. The normalized spacial score (nSPS) is 15.6. The Morgan fingerprint density at radius 1 is 1.11 bits per heavy atom. The quantitative estimate of drug-likeness (QED) is 0.359. The van der Waals surface area contributed by atoms with Gasteiger partial charge in [0.1, 0.15) is 28.5 Å². The molecule has 0 unspecified atom stereocenters. The first-order chi connectivity index (χ1) is 17.6. The lowest BCUT2D eigenvalue weighted by molar-refractivity contribution is 0.0725. The minimum absolute atomic E-state index is 0.125. The highest BCUT2D eigenvalue weighted by atomic mass is 19.1. The first kappa shape index (κ1) is 22.1. The Bertz CT molecular complexity index is 1540. The molecule has 0 saturated carbocycles. The molecule has 0 N–H and O–H groups in total. The molecule has 0 spiro atoms. The maximum absolute atomic E-state index is 14.2. The number of carbonyl (C=O) groups excluding carboxylic acids is 1. The fraction of sp³-hybridized carbons (Fsp3) is 0.222. The summed E-state index contributed by atoms with van der Waals surface area (Å²) >= 11 is 0. The summed E-state index contributed by atoms with van der Waals surface area (Å²) < 4.78 is 21.2. The van der Waals surface area contributed by atoms with E-state index < -0.39 is 5.82 Å². The zero-order chi connectivity index (χ0) is 24.6. The zero-order valence-corrected chi connectivity index (χ0v) is 19.6. The van der Waals surface area contributed by atoms with Gasteiger partial charge in [-0.15, -0.1) is 0 Å². The molecule has 1 aliphatic rings. The number of aryl methyl sites for hydroxylation is 1. The standard InChI is InChI=1S/C27H23FN6O2/c1-17-9-11-21(29-15-17)26-31-23(36-32-26)14-20-8-5-13-33(20)27(35)25-24(18-6-3-2-4-7-18)30-22-12-10-19(28)16-34(22)25/h2-4,6-7,9-12,15-16,20H,5,8,13-14H2,1H3/t20-/m0/s1. The van der Waals surface area contributed by atoms with Crippen LogP contribution in [0.3, 0.4) is 0 Å². The zero-order valence-electron chi connectivity index (χ0n) is 19.6. The number of fused-ring (bicyclic) bond motifs is 1. The number of hydrogen-bond donors (Lipinski definition) is 0. The molecule has 1 saturated heterocycles. The Hall–Kier alpha value is -4.40. The number of imidazole rings is 1. The van der Waals surface area contributed by atoms with Gasteiger partial charge in [-0.3, -0.25) is 14.2 Å². The van der Waals surface area contributed by atoms with Gasteiger partial charge in [0.15, 0.2) is 0 Å². The van der Waals surface area contributed by atoms with E-state index in [1.54, 1.807) is 16.7 Å². The maximum Gasteiger partial charge on any atom is 0.273 e. The number of amides is 1. The smallest absolute Gasteiger partial charge is 0.273 e. The van der Waals surface area contributed by atoms with E-state index in [1.165, 1.54) is 12.3 Å². The summed E-state index contributed by atoms with van der Waals surface area (Å²) in [5.74, 6) is 0.234. The van der Waals surface area contributed by atoms with Gasteiger partial charge < -0.3 is 9.42 Å². The number of pyridine rings is 2. The van der Waals surface area contributed by atoms with Crippen LogP contribution in [0.5, 0.6) is 0 Å². The summed E-state index contributed by atoms with van der Waals surface area (Å²) in [4.78, 5) is 29.3. The van der Waals surface area contributed by atoms with E-state index in [-0.39, 0.29) is 11.9 Å². The number of nitrogens with zero attached hydrogens (tertiary/aromatic N) is 6. The van der Waals surface area contributed by atoms with Crippen molar-refractivity contribution in [3.05, 3.63) is 90.0 Å². The third kappa shape index (κ3) is 4.02. The molecule has 36 heavy (non-hydrogen) atoms. The number of benzene rings is 1. The van der Waals surface area contributed by atoms with Crippen LogP contribution in [-0.4, -0.2) is 47.9 Å². The fourth-order valence-corrected chi connectivity index (χ4v) is 4.72. The highest BCUT2D eigenvalue weighted by molar-refractivity contribution is 6.00. The molecular weight excluding hydrogens is 459 g/mol. The molecule has 1 aliphatic heterocycles. The molecule has 8 nitrogen and oxygen atoms in total. The molecule has 0 radical (unpaired) electrons. The van der Waals surface area contributed by atoms with Crippen molar-refractivity contribution in [2.24, 2.45) is 0 Å². The molecule has 9 heteroatoms. The van der Waals surface area contributed by atoms with Crippen LogP contribution in [0.15, 0.2) is 71.5 Å². The predicted octanol–water partition coefficient (Wildman–Crippen LogP) is 4.74. The molecule has 4 aromatic heterocycles. The first-order valence-corrected chi connectivity index (χ1v) is 11.9. The Morgan fingerprint density at radius 3 is 2.78 bits per heavy atom. The van der Waals surface area contributed by atoms with Gasteiger partial charge in [-0.05, 0) is 43.5 Å². The van der Waals surface area contributed by atoms with Gasteiger partial charge in [-0.25, -0.2) is 9.37 Å². The molecule has 5 heterocycles. The molecule has 0 bridgehead atoms. The average molecular weight is 483 g/mol. The number of carbonyl (C=O) groups is 1. The van der Waals surface area contributed by atoms with Gasteiger partial charge in [0.05, 0.1) is 0 Å². The number of hydrogen-bond acceptors (Lipinski definition) is 6. The second kappa shape index (κ2) is 8.99. The summed E-state index contributed by atoms with van der Waals surface area (Å²) in [6, 6.07) is 16.1. The van der Waals surface area contributed by atoms with Crippen LogP contribution in [0, 0.1) is 12.7 Å². The average Bonchev–Trinajstić information content (AvgIpc) is 3.63. The van der Waals surface area contributed by atoms with Crippen molar-refractivity contribution in [3.8, 4) is 22.8 Å². The van der Waals surface area contributed by atoms with Crippen LogP contribution < -0.4 is 0 Å². The van der Waals surface area contributed by atoms with Gasteiger partial charge in [-0.2, -0.15) is 4.98 Å². The van der Waals surface area contributed by atoms with E-state index >= 15 is 0 Å². The van der Waals surface area contributed by atoms with Gasteiger partial charge in [0.2, 0.25) is 11.7 Å². The van der Waals surface area contributed by atoms with Crippen LogP contribution in [0.2, 0.25) is 0 Å². The van der Waals surface area contributed by atoms with E-state index in [1.807, 2.05) is 54.3 Å². The number of rotatable bonds is 5. The van der Waals surface area contributed by atoms with Crippen LogP contribution in [-0.2, 0) is 6.42 Å². The molecule has 180 valence electrons. The van der Waals surface area contributed by atoms with Crippen molar-refractivity contribution in [1.82, 2.24) is 29.4 Å². The van der Waals surface area contributed by atoms with E-state index in [0.717, 1.165) is 24.0 Å². The SMILES string of the molecule is Cc1ccc(-c2noc(C[C@@H]3CCCN3C(=O)c3c(-c4ccccc4)nc4ccc(F)cn34)n2)nc1. The Morgan fingerprint density at radius 2 is 1.97 bits per heavy atom. The summed E-state index contributed by atoms with van der Waals surface area (Å²) in [7, 11) is 0. The lowest BCUT2D eigenvalue weighted by atomic mass is 10.1. The van der Waals surface area contributed by atoms with Crippen molar-refractivity contribution >= 4 is 11.6 Å². The lowest BCUT2D eigenvalue weighted by Gasteiger charge is -2.24. The van der Waals surface area contributed by atoms with Gasteiger partial charge in [0, 0.05) is 37.0 Å². The first-order valence-electron chi connectivity index (χ1n) is 11.9. The summed E-state index contributed by atoms with van der Waals surface area (Å²) in [5, 5.41) is 4.07. The van der Waals surface area contributed by atoms with Crippen LogP contribution in [0.25, 0.3) is 28.4 Å². The highest BCUT2D eigenvalue weighted by Crippen LogP contribution is 2.30. The van der Waals surface area contributed by atoms with Crippen LogP contribution in [0.1, 0.15) is 34.8 Å². The molecular formula is C27H23FN6O2. The van der Waals surface area contributed by atoms with Crippen molar-refractivity contribution in [2.75, 3.05) is 6.54 Å². The molecule has 1 atom stereocenters. The van der Waals surface area contributed by atoms with E-state index in [4.69, 9.17) is 4.52 Å². The summed E-state index contributed by atoms with van der Waals surface area (Å²) in [5.41, 5.74) is 3.87. The second-order valence-electron chi connectivity index (χ2n) is 8.98. The van der Waals surface area contributed by atoms with Gasteiger partial charge in [-0.1, -0.05) is 41.6 Å². The van der Waals surface area contributed by atoms with E-state index in [2.05, 4.69) is 20.1 Å². The Kier molecular flexibility index (Phi) is 5.52. The summed E-state index contributed by atoms with van der Waals surface area (Å²) in [6.45, 7) is 2.55. The topological polar surface area (TPSA) is 89.4 Å². The molecule has 6 rings (SSSR count). The maximum atomic E-state index is 14.2. The van der Waals surface area contributed by atoms with Gasteiger partial charge >= 0.3 is 0 Å². The van der Waals surface area contributed by atoms with E-state index in [0.29, 0.717) is 47.4 Å². The highest BCUT2D eigenvalue weighted by Gasteiger charge is 2.34. The summed E-state index contributed by atoms with van der Waals surface area (Å²) in [6.07, 6.45) is 5.15. The van der Waals surface area contributed by atoms with Crippen molar-refractivity contribution in [1.29, 1.82) is 0 Å². The lowest BCUT2D eigenvalue weighted by Crippen LogP contribution is -2.37. The van der Waals surface area contributed by atoms with E-state index in [9.17, 15) is 9.18 Å². The molecule has 1 fully saturated rings. The molecule has 5 aromatic rings. The Labute approximate surface area is 206 Å². The molecule has 1 aromatic carbocycles. The Balaban J connectivity index is 1.32. The fourth-order valence-electron chi connectivity index (χ4n) is 4.72.